The van der Waals surface area contributed by atoms with Crippen molar-refractivity contribution in [1.29, 1.82) is 0 Å². The molecule has 0 aliphatic heterocycles. The molecular formula is C14H26NO+. The second-order valence-electron chi connectivity index (χ2n) is 5.08. The minimum absolute atomic E-state index is 0.892. The van der Waals surface area contributed by atoms with Crippen molar-refractivity contribution in [3.63, 3.8) is 0 Å². The molecule has 0 atom stereocenters. The van der Waals surface area contributed by atoms with Crippen LogP contribution in [-0.4, -0.2) is 23.7 Å². The van der Waals surface area contributed by atoms with Gasteiger partial charge in [0.15, 0.2) is 13.1 Å². The number of hydrogen-bond donors (Lipinski definition) is 0. The highest BCUT2D eigenvalue weighted by atomic mass is 16.1. The third kappa shape index (κ3) is 5.46. The number of nitrogens with zero attached hydrogens (tertiary/aromatic N) is 1. The van der Waals surface area contributed by atoms with Crippen LogP contribution < -0.4 is 0 Å². The topological polar surface area (TPSA) is 20.1 Å². The fourth-order valence-electron chi connectivity index (χ4n) is 2.59. The van der Waals surface area contributed by atoms with Crippen molar-refractivity contribution in [3.8, 4) is 0 Å². The van der Waals surface area contributed by atoms with Crippen LogP contribution in [-0.2, 0) is 4.79 Å². The van der Waals surface area contributed by atoms with Crippen LogP contribution in [0.1, 0.15) is 64.7 Å². The second kappa shape index (κ2) is 8.52. The molecule has 0 radical (unpaired) electrons. The zero-order valence-electron chi connectivity index (χ0n) is 10.7. The van der Waals surface area contributed by atoms with Crippen LogP contribution in [0.2, 0.25) is 0 Å². The van der Waals surface area contributed by atoms with Gasteiger partial charge in [0.2, 0.25) is 0 Å². The lowest BCUT2D eigenvalue weighted by Crippen LogP contribution is -2.14. The van der Waals surface area contributed by atoms with Gasteiger partial charge in [0.05, 0.1) is 0 Å². The highest BCUT2D eigenvalue weighted by Crippen LogP contribution is 2.28. The standard InChI is InChI=1S/C14H26NO/c1-2-3-11-15(13-16)12-7-6-10-14-8-4-5-9-14/h14H,2-12H2,1H3/q+1. The number of unbranched alkanes of at least 4 members (excludes halogenated alkanes) is 2. The molecule has 0 bridgehead atoms. The molecule has 1 fully saturated rings. The van der Waals surface area contributed by atoms with Gasteiger partial charge >= 0.3 is 6.08 Å². The van der Waals surface area contributed by atoms with Gasteiger partial charge in [-0.15, -0.1) is 0 Å². The van der Waals surface area contributed by atoms with E-state index in [1.165, 1.54) is 38.5 Å². The highest BCUT2D eigenvalue weighted by Gasteiger charge is 2.14. The van der Waals surface area contributed by atoms with Gasteiger partial charge in [0.1, 0.15) is 0 Å². The molecular weight excluding hydrogens is 198 g/mol. The van der Waals surface area contributed by atoms with E-state index < -0.39 is 0 Å². The molecule has 2 heteroatoms. The van der Waals surface area contributed by atoms with Gasteiger partial charge in [-0.2, -0.15) is 9.37 Å². The second-order valence-corrected chi connectivity index (χ2v) is 5.08. The van der Waals surface area contributed by atoms with Crippen molar-refractivity contribution in [2.45, 2.75) is 64.7 Å². The lowest BCUT2D eigenvalue weighted by molar-refractivity contribution is -0.526. The molecule has 0 aromatic rings. The predicted octanol–water partition coefficient (Wildman–Crippen LogP) is 3.50. The highest BCUT2D eigenvalue weighted by molar-refractivity contribution is 5.24. The molecule has 0 aromatic heterocycles. The predicted molar refractivity (Wildman–Crippen MR) is 66.4 cm³/mol. The van der Waals surface area contributed by atoms with Crippen molar-refractivity contribution in [3.05, 3.63) is 0 Å². The van der Waals surface area contributed by atoms with E-state index in [1.54, 1.807) is 0 Å². The summed E-state index contributed by atoms with van der Waals surface area (Å²) in [6.07, 6.45) is 13.9. The lowest BCUT2D eigenvalue weighted by Gasteiger charge is -2.06. The first kappa shape index (κ1) is 13.4. The summed E-state index contributed by atoms with van der Waals surface area (Å²) in [5, 5.41) is 0. The maximum Gasteiger partial charge on any atom is 0.424 e. The van der Waals surface area contributed by atoms with Crippen LogP contribution in [0.5, 0.6) is 0 Å². The van der Waals surface area contributed by atoms with Gasteiger partial charge in [-0.1, -0.05) is 45.4 Å². The Hall–Kier alpha value is -0.620. The van der Waals surface area contributed by atoms with Crippen molar-refractivity contribution in [1.82, 2.24) is 0 Å². The van der Waals surface area contributed by atoms with E-state index in [0.717, 1.165) is 38.3 Å². The first-order valence-electron chi connectivity index (χ1n) is 6.99. The molecule has 0 unspecified atom stereocenters. The van der Waals surface area contributed by atoms with Crippen LogP contribution in [0.15, 0.2) is 0 Å². The summed E-state index contributed by atoms with van der Waals surface area (Å²) in [5.74, 6) is 0.990. The van der Waals surface area contributed by atoms with Crippen LogP contribution in [0.3, 0.4) is 0 Å². The number of rotatable bonds is 8. The smallest absolute Gasteiger partial charge is 0.159 e. The fraction of sp³-hybridized carbons (Fsp3) is 0.929. The third-order valence-corrected chi connectivity index (χ3v) is 3.68. The normalized spacial score (nSPS) is 16.3. The Balaban J connectivity index is 2.02. The van der Waals surface area contributed by atoms with Gasteiger partial charge in [0, 0.05) is 12.8 Å². The van der Waals surface area contributed by atoms with E-state index >= 15 is 0 Å². The minimum atomic E-state index is 0.892. The summed E-state index contributed by atoms with van der Waals surface area (Å²) in [5.41, 5.74) is 0. The molecule has 1 saturated carbocycles. The molecule has 92 valence electrons. The summed E-state index contributed by atoms with van der Waals surface area (Å²) in [6.45, 7) is 3.96. The van der Waals surface area contributed by atoms with Crippen LogP contribution in [0, 0.1) is 5.92 Å². The van der Waals surface area contributed by atoms with Crippen LogP contribution in [0.25, 0.3) is 0 Å². The molecule has 0 spiro atoms. The number of isocyanates is 1. The molecule has 0 saturated heterocycles. The Kier molecular flexibility index (Phi) is 7.16. The maximum atomic E-state index is 10.7. The quantitative estimate of drug-likeness (QED) is 0.267. The van der Waals surface area contributed by atoms with Crippen LogP contribution in [0.4, 0.5) is 0 Å². The van der Waals surface area contributed by atoms with Crippen molar-refractivity contribution in [2.75, 3.05) is 13.1 Å². The Morgan fingerprint density at radius 3 is 2.44 bits per heavy atom. The Morgan fingerprint density at radius 2 is 1.81 bits per heavy atom. The molecule has 0 N–H and O–H groups in total. The zero-order chi connectivity index (χ0) is 11.6. The average molecular weight is 224 g/mol. The lowest BCUT2D eigenvalue weighted by atomic mass is 10.0. The monoisotopic (exact) mass is 224 g/mol. The van der Waals surface area contributed by atoms with Crippen LogP contribution >= 0.6 is 0 Å². The van der Waals surface area contributed by atoms with Crippen molar-refractivity contribution >= 4 is 6.08 Å². The van der Waals surface area contributed by atoms with Crippen molar-refractivity contribution in [2.24, 2.45) is 5.92 Å². The molecule has 1 rings (SSSR count). The van der Waals surface area contributed by atoms with Gasteiger partial charge < -0.3 is 0 Å². The average Bonchev–Trinajstić information content (AvgIpc) is 2.81. The molecule has 0 amide bonds. The third-order valence-electron chi connectivity index (χ3n) is 3.68. The Morgan fingerprint density at radius 1 is 1.12 bits per heavy atom. The SMILES string of the molecule is CCCC[N+](=C=O)CCCCC1CCCC1. The summed E-state index contributed by atoms with van der Waals surface area (Å²) in [4.78, 5) is 10.7. The van der Waals surface area contributed by atoms with E-state index in [4.69, 9.17) is 0 Å². The van der Waals surface area contributed by atoms with Gasteiger partial charge in [0.25, 0.3) is 0 Å². The number of carbonyl (C=O) groups excluding carboxylic acids is 1. The van der Waals surface area contributed by atoms with E-state index in [1.807, 2.05) is 10.7 Å². The molecule has 16 heavy (non-hydrogen) atoms. The first-order chi connectivity index (χ1) is 7.86. The summed E-state index contributed by atoms with van der Waals surface area (Å²) < 4.78 is 1.82. The largest absolute Gasteiger partial charge is 0.424 e. The Labute approximate surface area is 99.7 Å². The summed E-state index contributed by atoms with van der Waals surface area (Å²) in [7, 11) is 0. The molecule has 0 heterocycles. The summed E-state index contributed by atoms with van der Waals surface area (Å²) >= 11 is 0. The maximum absolute atomic E-state index is 10.7. The molecule has 1 aliphatic rings. The molecule has 2 nitrogen and oxygen atoms in total. The van der Waals surface area contributed by atoms with E-state index in [9.17, 15) is 4.79 Å². The molecule has 0 aromatic carbocycles. The Bertz CT molecular complexity index is 225. The van der Waals surface area contributed by atoms with Gasteiger partial charge in [-0.25, -0.2) is 0 Å². The molecule has 1 aliphatic carbocycles. The van der Waals surface area contributed by atoms with E-state index in [0.29, 0.717) is 0 Å². The van der Waals surface area contributed by atoms with E-state index in [2.05, 4.69) is 6.92 Å². The van der Waals surface area contributed by atoms with Gasteiger partial charge in [-0.3, -0.25) is 0 Å². The van der Waals surface area contributed by atoms with Gasteiger partial charge in [-0.05, 0) is 12.3 Å². The minimum Gasteiger partial charge on any atom is -0.159 e. The first-order valence-corrected chi connectivity index (χ1v) is 6.99. The zero-order valence-corrected chi connectivity index (χ0v) is 10.7. The van der Waals surface area contributed by atoms with E-state index in [-0.39, 0.29) is 0 Å². The summed E-state index contributed by atoms with van der Waals surface area (Å²) in [6, 6.07) is 0. The fourth-order valence-corrected chi connectivity index (χ4v) is 2.59. The van der Waals surface area contributed by atoms with Crippen molar-refractivity contribution < 1.29 is 9.37 Å². The number of hydrogen-bond acceptors (Lipinski definition) is 1.